The summed E-state index contributed by atoms with van der Waals surface area (Å²) in [7, 11) is -2.96. The highest BCUT2D eigenvalue weighted by Crippen LogP contribution is 2.21. The van der Waals surface area contributed by atoms with Crippen LogP contribution in [0.2, 0.25) is 0 Å². The lowest BCUT2D eigenvalue weighted by Gasteiger charge is -2.36. The molecule has 2 saturated heterocycles. The van der Waals surface area contributed by atoms with Crippen LogP contribution in [0.4, 0.5) is 0 Å². The Morgan fingerprint density at radius 1 is 1.41 bits per heavy atom. The molecule has 0 radical (unpaired) electrons. The number of hydrogen-bond donors (Lipinski definition) is 1. The fourth-order valence-corrected chi connectivity index (χ4v) is 5.34. The predicted molar refractivity (Wildman–Crippen MR) is 87.3 cm³/mol. The molecule has 2 aliphatic heterocycles. The molecule has 3 unspecified atom stereocenters. The number of rotatable bonds is 5. The van der Waals surface area contributed by atoms with Gasteiger partial charge in [-0.25, -0.2) is 8.42 Å². The summed E-state index contributed by atoms with van der Waals surface area (Å²) in [5, 5.41) is 0. The topological polar surface area (TPSA) is 83.7 Å². The lowest BCUT2D eigenvalue weighted by Crippen LogP contribution is -2.49. The molecule has 0 aliphatic carbocycles. The van der Waals surface area contributed by atoms with E-state index in [0.29, 0.717) is 25.4 Å². The second-order valence-electron chi connectivity index (χ2n) is 6.73. The molecule has 7 heteroatoms. The Hall–Kier alpha value is -0.660. The van der Waals surface area contributed by atoms with Crippen LogP contribution in [0.1, 0.15) is 33.1 Å². The van der Waals surface area contributed by atoms with Crippen LogP contribution in [0.25, 0.3) is 0 Å². The Morgan fingerprint density at radius 2 is 2.14 bits per heavy atom. The molecule has 22 heavy (non-hydrogen) atoms. The molecular formula is C15H29N3O3S. The van der Waals surface area contributed by atoms with Gasteiger partial charge in [0.25, 0.3) is 0 Å². The van der Waals surface area contributed by atoms with E-state index in [0.717, 1.165) is 25.9 Å². The first-order valence-electron chi connectivity index (χ1n) is 8.30. The highest BCUT2D eigenvalue weighted by Gasteiger charge is 2.34. The van der Waals surface area contributed by atoms with Crippen molar-refractivity contribution in [2.24, 2.45) is 11.7 Å². The fraction of sp³-hybridized carbons (Fsp3) is 0.933. The molecule has 1 amide bonds. The van der Waals surface area contributed by atoms with Crippen molar-refractivity contribution in [3.63, 3.8) is 0 Å². The number of amides is 1. The molecular weight excluding hydrogens is 302 g/mol. The molecule has 0 spiro atoms. The Bertz CT molecular complexity index is 492. The first kappa shape index (κ1) is 17.7. The van der Waals surface area contributed by atoms with Gasteiger partial charge >= 0.3 is 0 Å². The van der Waals surface area contributed by atoms with Crippen molar-refractivity contribution in [1.29, 1.82) is 0 Å². The van der Waals surface area contributed by atoms with Gasteiger partial charge in [-0.3, -0.25) is 9.69 Å². The number of sulfone groups is 1. The fourth-order valence-electron chi connectivity index (χ4n) is 3.61. The number of likely N-dealkylation sites (tertiary alicyclic amines) is 1. The van der Waals surface area contributed by atoms with Crippen LogP contribution in [0.15, 0.2) is 0 Å². The van der Waals surface area contributed by atoms with Crippen molar-refractivity contribution in [2.45, 2.75) is 45.2 Å². The van der Waals surface area contributed by atoms with E-state index in [4.69, 9.17) is 5.73 Å². The summed E-state index contributed by atoms with van der Waals surface area (Å²) < 4.78 is 23.3. The smallest absolute Gasteiger partial charge is 0.237 e. The molecule has 0 aromatic carbocycles. The van der Waals surface area contributed by atoms with Gasteiger partial charge in [0.05, 0.1) is 18.1 Å². The monoisotopic (exact) mass is 331 g/mol. The van der Waals surface area contributed by atoms with Gasteiger partial charge in [0.15, 0.2) is 9.84 Å². The number of hydrogen-bond acceptors (Lipinski definition) is 5. The van der Waals surface area contributed by atoms with Gasteiger partial charge in [-0.2, -0.15) is 0 Å². The lowest BCUT2D eigenvalue weighted by atomic mass is 9.92. The number of nitrogens with two attached hydrogens (primary N) is 1. The third-order valence-corrected chi connectivity index (χ3v) is 6.70. The van der Waals surface area contributed by atoms with Crippen molar-refractivity contribution in [1.82, 2.24) is 9.80 Å². The maximum atomic E-state index is 12.6. The summed E-state index contributed by atoms with van der Waals surface area (Å²) in [4.78, 5) is 16.5. The van der Waals surface area contributed by atoms with Crippen LogP contribution in [-0.4, -0.2) is 73.9 Å². The minimum absolute atomic E-state index is 0.0509. The first-order valence-corrected chi connectivity index (χ1v) is 10.1. The molecule has 2 heterocycles. The number of likely N-dealkylation sites (N-methyl/N-ethyl adjacent to an activating group) is 1. The Balaban J connectivity index is 1.92. The van der Waals surface area contributed by atoms with Gasteiger partial charge in [0.1, 0.15) is 0 Å². The Kier molecular flexibility index (Phi) is 5.85. The SMILES string of the molecule is CCN(C(=O)CN1CCCC(C(C)N)C1)C1CCS(=O)(=O)C1. The summed E-state index contributed by atoms with van der Waals surface area (Å²) in [5.41, 5.74) is 5.99. The van der Waals surface area contributed by atoms with E-state index in [1.807, 2.05) is 13.8 Å². The van der Waals surface area contributed by atoms with Gasteiger partial charge < -0.3 is 10.6 Å². The Labute approximate surface area is 133 Å². The van der Waals surface area contributed by atoms with Crippen LogP contribution in [-0.2, 0) is 14.6 Å². The molecule has 2 rings (SSSR count). The number of carbonyl (C=O) groups excluding carboxylic acids is 1. The summed E-state index contributed by atoms with van der Waals surface area (Å²) in [5.74, 6) is 0.825. The standard InChI is InChI=1S/C15H29N3O3S/c1-3-18(14-6-8-22(20,21)11-14)15(19)10-17-7-4-5-13(9-17)12(2)16/h12-14H,3-11,16H2,1-2H3. The normalized spacial score (nSPS) is 30.1. The Morgan fingerprint density at radius 3 is 2.68 bits per heavy atom. The van der Waals surface area contributed by atoms with Gasteiger partial charge in [0, 0.05) is 25.2 Å². The third kappa shape index (κ3) is 4.43. The maximum Gasteiger partial charge on any atom is 0.237 e. The van der Waals surface area contributed by atoms with Crippen molar-refractivity contribution in [2.75, 3.05) is 37.7 Å². The molecule has 0 aromatic rings. The van der Waals surface area contributed by atoms with Crippen molar-refractivity contribution in [3.8, 4) is 0 Å². The molecule has 0 bridgehead atoms. The molecule has 0 aromatic heterocycles. The van der Waals surface area contributed by atoms with Gasteiger partial charge in [-0.05, 0) is 45.6 Å². The zero-order valence-corrected chi connectivity index (χ0v) is 14.5. The molecule has 2 aliphatic rings. The first-order chi connectivity index (χ1) is 10.3. The van der Waals surface area contributed by atoms with E-state index in [2.05, 4.69) is 4.90 Å². The summed E-state index contributed by atoms with van der Waals surface area (Å²) >= 11 is 0. The highest BCUT2D eigenvalue weighted by molar-refractivity contribution is 7.91. The van der Waals surface area contributed by atoms with E-state index < -0.39 is 9.84 Å². The minimum Gasteiger partial charge on any atom is -0.338 e. The van der Waals surface area contributed by atoms with E-state index >= 15 is 0 Å². The van der Waals surface area contributed by atoms with Crippen LogP contribution in [0.3, 0.4) is 0 Å². The molecule has 3 atom stereocenters. The van der Waals surface area contributed by atoms with Crippen molar-refractivity contribution >= 4 is 15.7 Å². The van der Waals surface area contributed by atoms with Crippen LogP contribution in [0, 0.1) is 5.92 Å². The summed E-state index contributed by atoms with van der Waals surface area (Å²) in [6.45, 7) is 6.69. The third-order valence-electron chi connectivity index (χ3n) is 4.95. The number of nitrogens with zero attached hydrogens (tertiary/aromatic N) is 2. The van der Waals surface area contributed by atoms with Crippen molar-refractivity contribution < 1.29 is 13.2 Å². The predicted octanol–water partition coefficient (Wildman–Crippen LogP) is 0.0812. The number of piperidine rings is 1. The average Bonchev–Trinajstić information content (AvgIpc) is 2.80. The van der Waals surface area contributed by atoms with E-state index in [1.54, 1.807) is 4.90 Å². The quantitative estimate of drug-likeness (QED) is 0.771. The largest absolute Gasteiger partial charge is 0.338 e. The van der Waals surface area contributed by atoms with Crippen LogP contribution >= 0.6 is 0 Å². The van der Waals surface area contributed by atoms with Crippen LogP contribution in [0.5, 0.6) is 0 Å². The van der Waals surface area contributed by atoms with E-state index in [-0.39, 0.29) is 29.5 Å². The van der Waals surface area contributed by atoms with Crippen molar-refractivity contribution in [3.05, 3.63) is 0 Å². The lowest BCUT2D eigenvalue weighted by molar-refractivity contribution is -0.134. The molecule has 128 valence electrons. The molecule has 0 saturated carbocycles. The van der Waals surface area contributed by atoms with E-state index in [9.17, 15) is 13.2 Å². The molecule has 6 nitrogen and oxygen atoms in total. The molecule has 2 fully saturated rings. The zero-order chi connectivity index (χ0) is 16.3. The average molecular weight is 331 g/mol. The van der Waals surface area contributed by atoms with Gasteiger partial charge in [-0.15, -0.1) is 0 Å². The maximum absolute atomic E-state index is 12.6. The summed E-state index contributed by atoms with van der Waals surface area (Å²) in [6, 6.07) is 0.0108. The molecule has 2 N–H and O–H groups in total. The number of carbonyl (C=O) groups is 1. The van der Waals surface area contributed by atoms with Gasteiger partial charge in [0.2, 0.25) is 5.91 Å². The second-order valence-corrected chi connectivity index (χ2v) is 8.96. The van der Waals surface area contributed by atoms with Gasteiger partial charge in [-0.1, -0.05) is 0 Å². The van der Waals surface area contributed by atoms with E-state index in [1.165, 1.54) is 0 Å². The second kappa shape index (κ2) is 7.27. The highest BCUT2D eigenvalue weighted by atomic mass is 32.2. The van der Waals surface area contributed by atoms with Crippen LogP contribution < -0.4 is 5.73 Å². The minimum atomic E-state index is -2.96. The zero-order valence-electron chi connectivity index (χ0n) is 13.7. The summed E-state index contributed by atoms with van der Waals surface area (Å²) in [6.07, 6.45) is 2.77.